The Hall–Kier alpha value is -0.610. The summed E-state index contributed by atoms with van der Waals surface area (Å²) in [4.78, 5) is 14.1. The first kappa shape index (κ1) is 10.9. The van der Waals surface area contributed by atoms with Crippen LogP contribution in [0.5, 0.6) is 0 Å². The minimum Gasteiger partial charge on any atom is -0.372 e. The van der Waals surface area contributed by atoms with E-state index in [0.29, 0.717) is 12.5 Å². The quantitative estimate of drug-likeness (QED) is 0.676. The fourth-order valence-electron chi connectivity index (χ4n) is 2.33. The Morgan fingerprint density at radius 1 is 1.53 bits per heavy atom. The van der Waals surface area contributed by atoms with Crippen LogP contribution in [0.25, 0.3) is 0 Å². The second kappa shape index (κ2) is 4.10. The van der Waals surface area contributed by atoms with E-state index in [0.717, 1.165) is 32.6 Å². The van der Waals surface area contributed by atoms with Crippen molar-refractivity contribution in [2.24, 2.45) is 5.92 Å². The SMILES string of the molecule is CC1(C)CN(C(=O)[C@@H]2CCNC2)CCO1. The summed E-state index contributed by atoms with van der Waals surface area (Å²) in [6.07, 6.45) is 0.983. The number of ether oxygens (including phenoxy) is 1. The lowest BCUT2D eigenvalue weighted by Gasteiger charge is -2.39. The van der Waals surface area contributed by atoms with E-state index in [1.807, 2.05) is 18.7 Å². The number of morpholine rings is 1. The third-order valence-electron chi connectivity index (χ3n) is 3.15. The average Bonchev–Trinajstić information content (AvgIpc) is 2.67. The van der Waals surface area contributed by atoms with Crippen LogP contribution in [-0.4, -0.2) is 49.2 Å². The van der Waals surface area contributed by atoms with Crippen LogP contribution >= 0.6 is 0 Å². The second-order valence-corrected chi connectivity index (χ2v) is 5.06. The number of carbonyl (C=O) groups is 1. The molecule has 2 aliphatic rings. The number of hydrogen-bond donors (Lipinski definition) is 1. The van der Waals surface area contributed by atoms with Crippen LogP contribution in [0.2, 0.25) is 0 Å². The average molecular weight is 212 g/mol. The van der Waals surface area contributed by atoms with Crippen molar-refractivity contribution in [2.75, 3.05) is 32.8 Å². The minimum absolute atomic E-state index is 0.181. The first-order valence-electron chi connectivity index (χ1n) is 5.72. The molecule has 4 heteroatoms. The third-order valence-corrected chi connectivity index (χ3v) is 3.15. The van der Waals surface area contributed by atoms with Gasteiger partial charge < -0.3 is 15.0 Å². The van der Waals surface area contributed by atoms with Gasteiger partial charge in [0.25, 0.3) is 0 Å². The Bertz CT molecular complexity index is 247. The summed E-state index contributed by atoms with van der Waals surface area (Å²) in [7, 11) is 0. The number of carbonyl (C=O) groups excluding carboxylic acids is 1. The molecule has 0 unspecified atom stereocenters. The molecule has 86 valence electrons. The molecule has 2 saturated heterocycles. The van der Waals surface area contributed by atoms with Crippen molar-refractivity contribution >= 4 is 5.91 Å². The second-order valence-electron chi connectivity index (χ2n) is 5.06. The van der Waals surface area contributed by atoms with Gasteiger partial charge in [-0.1, -0.05) is 0 Å². The Kier molecular flexibility index (Phi) is 2.98. The largest absolute Gasteiger partial charge is 0.372 e. The predicted octanol–water partition coefficient (Wildman–Crippen LogP) is 0.233. The van der Waals surface area contributed by atoms with Gasteiger partial charge in [-0.05, 0) is 26.8 Å². The summed E-state index contributed by atoms with van der Waals surface area (Å²) < 4.78 is 5.60. The maximum atomic E-state index is 12.1. The fraction of sp³-hybridized carbons (Fsp3) is 0.909. The number of hydrogen-bond acceptors (Lipinski definition) is 3. The number of nitrogens with one attached hydrogen (secondary N) is 1. The summed E-state index contributed by atoms with van der Waals surface area (Å²) in [5.74, 6) is 0.496. The molecule has 1 atom stereocenters. The highest BCUT2D eigenvalue weighted by molar-refractivity contribution is 5.79. The molecule has 2 heterocycles. The molecule has 2 rings (SSSR count). The van der Waals surface area contributed by atoms with Gasteiger partial charge in [-0.25, -0.2) is 0 Å². The summed E-state index contributed by atoms with van der Waals surface area (Å²) >= 11 is 0. The van der Waals surface area contributed by atoms with E-state index >= 15 is 0 Å². The van der Waals surface area contributed by atoms with Crippen LogP contribution in [-0.2, 0) is 9.53 Å². The van der Waals surface area contributed by atoms with E-state index in [1.54, 1.807) is 0 Å². The molecule has 1 N–H and O–H groups in total. The van der Waals surface area contributed by atoms with Gasteiger partial charge in [-0.15, -0.1) is 0 Å². The molecule has 1 amide bonds. The molecule has 0 aliphatic carbocycles. The van der Waals surface area contributed by atoms with Crippen LogP contribution in [0.15, 0.2) is 0 Å². The third kappa shape index (κ3) is 2.49. The maximum absolute atomic E-state index is 12.1. The lowest BCUT2D eigenvalue weighted by molar-refractivity contribution is -0.149. The van der Waals surface area contributed by atoms with Gasteiger partial charge in [0.05, 0.1) is 18.1 Å². The minimum atomic E-state index is -0.181. The highest BCUT2D eigenvalue weighted by Crippen LogP contribution is 2.20. The molecule has 0 aromatic heterocycles. The zero-order valence-corrected chi connectivity index (χ0v) is 9.58. The van der Waals surface area contributed by atoms with Crippen molar-refractivity contribution in [3.8, 4) is 0 Å². The monoisotopic (exact) mass is 212 g/mol. The van der Waals surface area contributed by atoms with Crippen molar-refractivity contribution in [3.63, 3.8) is 0 Å². The van der Waals surface area contributed by atoms with Crippen LogP contribution in [0.3, 0.4) is 0 Å². The molecule has 4 nitrogen and oxygen atoms in total. The van der Waals surface area contributed by atoms with E-state index in [-0.39, 0.29) is 11.5 Å². The van der Waals surface area contributed by atoms with Crippen molar-refractivity contribution in [3.05, 3.63) is 0 Å². The van der Waals surface area contributed by atoms with E-state index in [1.165, 1.54) is 0 Å². The smallest absolute Gasteiger partial charge is 0.227 e. The van der Waals surface area contributed by atoms with Crippen molar-refractivity contribution in [1.82, 2.24) is 10.2 Å². The lowest BCUT2D eigenvalue weighted by atomic mass is 10.0. The number of rotatable bonds is 1. The van der Waals surface area contributed by atoms with Crippen LogP contribution < -0.4 is 5.32 Å². The van der Waals surface area contributed by atoms with Crippen molar-refractivity contribution < 1.29 is 9.53 Å². The molecular formula is C11H20N2O2. The van der Waals surface area contributed by atoms with Gasteiger partial charge in [-0.2, -0.15) is 0 Å². The van der Waals surface area contributed by atoms with E-state index in [2.05, 4.69) is 5.32 Å². The highest BCUT2D eigenvalue weighted by Gasteiger charge is 2.33. The molecule has 0 bridgehead atoms. The normalized spacial score (nSPS) is 30.5. The first-order chi connectivity index (χ1) is 7.08. The zero-order valence-electron chi connectivity index (χ0n) is 9.58. The van der Waals surface area contributed by atoms with E-state index in [9.17, 15) is 4.79 Å². The van der Waals surface area contributed by atoms with E-state index in [4.69, 9.17) is 4.74 Å². The van der Waals surface area contributed by atoms with Gasteiger partial charge in [0.1, 0.15) is 0 Å². The van der Waals surface area contributed by atoms with Gasteiger partial charge in [0.2, 0.25) is 5.91 Å². The van der Waals surface area contributed by atoms with Gasteiger partial charge in [0.15, 0.2) is 0 Å². The Morgan fingerprint density at radius 3 is 2.93 bits per heavy atom. The Balaban J connectivity index is 1.94. The molecule has 2 aliphatic heterocycles. The first-order valence-corrected chi connectivity index (χ1v) is 5.72. The standard InChI is InChI=1S/C11H20N2O2/c1-11(2)8-13(5-6-15-11)10(14)9-3-4-12-7-9/h9,12H,3-8H2,1-2H3/t9-/m1/s1. The van der Waals surface area contributed by atoms with Crippen LogP contribution in [0, 0.1) is 5.92 Å². The molecule has 0 radical (unpaired) electrons. The zero-order chi connectivity index (χ0) is 10.9. The summed E-state index contributed by atoms with van der Waals surface area (Å²) in [5, 5.41) is 3.23. The van der Waals surface area contributed by atoms with Crippen LogP contribution in [0.1, 0.15) is 20.3 Å². The molecule has 0 aromatic carbocycles. The molecule has 0 saturated carbocycles. The molecule has 0 spiro atoms. The highest BCUT2D eigenvalue weighted by atomic mass is 16.5. The van der Waals surface area contributed by atoms with Gasteiger partial charge in [0, 0.05) is 19.6 Å². The summed E-state index contributed by atoms with van der Waals surface area (Å²) in [6.45, 7) is 8.04. The predicted molar refractivity (Wildman–Crippen MR) is 57.6 cm³/mol. The number of amides is 1. The maximum Gasteiger partial charge on any atom is 0.227 e. The van der Waals surface area contributed by atoms with Gasteiger partial charge in [-0.3, -0.25) is 4.79 Å². The fourth-order valence-corrected chi connectivity index (χ4v) is 2.33. The topological polar surface area (TPSA) is 41.6 Å². The molecule has 2 fully saturated rings. The lowest BCUT2D eigenvalue weighted by Crippen LogP contribution is -2.52. The summed E-state index contributed by atoms with van der Waals surface area (Å²) in [6, 6.07) is 0. The molecular weight excluding hydrogens is 192 g/mol. The van der Waals surface area contributed by atoms with Crippen molar-refractivity contribution in [1.29, 1.82) is 0 Å². The Morgan fingerprint density at radius 2 is 2.33 bits per heavy atom. The molecule has 15 heavy (non-hydrogen) atoms. The van der Waals surface area contributed by atoms with E-state index < -0.39 is 0 Å². The number of nitrogens with zero attached hydrogens (tertiary/aromatic N) is 1. The van der Waals surface area contributed by atoms with Gasteiger partial charge >= 0.3 is 0 Å². The Labute approximate surface area is 91.0 Å². The summed E-state index contributed by atoms with van der Waals surface area (Å²) in [5.41, 5.74) is -0.181. The van der Waals surface area contributed by atoms with Crippen LogP contribution in [0.4, 0.5) is 0 Å². The van der Waals surface area contributed by atoms with Crippen molar-refractivity contribution in [2.45, 2.75) is 25.9 Å². The molecule has 0 aromatic rings.